The van der Waals surface area contributed by atoms with Gasteiger partial charge in [0.2, 0.25) is 6.79 Å². The lowest BCUT2D eigenvalue weighted by Gasteiger charge is -2.13. The highest BCUT2D eigenvalue weighted by Crippen LogP contribution is 2.34. The lowest BCUT2D eigenvalue weighted by molar-refractivity contribution is -0.123. The molecule has 2 aromatic rings. The van der Waals surface area contributed by atoms with Crippen LogP contribution < -0.4 is 14.8 Å². The van der Waals surface area contributed by atoms with E-state index >= 15 is 0 Å². The molecular formula is C16H15NO6. The molecule has 3 rings (SSSR count). The van der Waals surface area contributed by atoms with Crippen molar-refractivity contribution in [2.75, 3.05) is 12.1 Å². The first-order valence-corrected chi connectivity index (χ1v) is 7.00. The van der Waals surface area contributed by atoms with Crippen LogP contribution in [0.1, 0.15) is 23.0 Å². The monoisotopic (exact) mass is 317 g/mol. The van der Waals surface area contributed by atoms with Gasteiger partial charge in [-0.1, -0.05) is 0 Å². The maximum Gasteiger partial charge on any atom is 0.342 e. The van der Waals surface area contributed by atoms with Crippen LogP contribution in [0, 0.1) is 6.92 Å². The predicted molar refractivity (Wildman–Crippen MR) is 79.5 cm³/mol. The minimum Gasteiger partial charge on any atom is -0.469 e. The highest BCUT2D eigenvalue weighted by molar-refractivity contribution is 5.97. The van der Waals surface area contributed by atoms with Crippen molar-refractivity contribution in [2.45, 2.75) is 20.0 Å². The number of esters is 1. The third kappa shape index (κ3) is 3.13. The van der Waals surface area contributed by atoms with Gasteiger partial charge in [-0.05, 0) is 32.0 Å². The summed E-state index contributed by atoms with van der Waals surface area (Å²) < 4.78 is 20.6. The SMILES string of the molecule is Cc1occc1C(=O)O[C@H](C)C(=O)Nc1ccc2c(c1)OCO2. The van der Waals surface area contributed by atoms with Crippen LogP contribution in [0.15, 0.2) is 34.9 Å². The molecule has 1 aliphatic rings. The van der Waals surface area contributed by atoms with Crippen molar-refractivity contribution in [1.82, 2.24) is 0 Å². The van der Waals surface area contributed by atoms with E-state index in [1.165, 1.54) is 19.3 Å². The molecule has 1 aliphatic heterocycles. The lowest BCUT2D eigenvalue weighted by Crippen LogP contribution is -2.30. The molecule has 0 saturated heterocycles. The van der Waals surface area contributed by atoms with E-state index in [9.17, 15) is 9.59 Å². The number of aryl methyl sites for hydroxylation is 1. The maximum atomic E-state index is 12.1. The summed E-state index contributed by atoms with van der Waals surface area (Å²) in [5, 5.41) is 2.66. The minimum absolute atomic E-state index is 0.158. The summed E-state index contributed by atoms with van der Waals surface area (Å²) in [5.41, 5.74) is 0.828. The first kappa shape index (κ1) is 15.0. The van der Waals surface area contributed by atoms with Gasteiger partial charge in [0.25, 0.3) is 5.91 Å². The van der Waals surface area contributed by atoms with Crippen molar-refractivity contribution in [1.29, 1.82) is 0 Å². The van der Waals surface area contributed by atoms with Crippen molar-refractivity contribution in [3.05, 3.63) is 41.9 Å². The number of nitrogens with one attached hydrogen (secondary N) is 1. The zero-order chi connectivity index (χ0) is 16.4. The van der Waals surface area contributed by atoms with Crippen LogP contribution in [-0.2, 0) is 9.53 Å². The van der Waals surface area contributed by atoms with Gasteiger partial charge >= 0.3 is 5.97 Å². The molecule has 7 nitrogen and oxygen atoms in total. The van der Waals surface area contributed by atoms with E-state index in [0.717, 1.165) is 0 Å². The molecule has 0 radical (unpaired) electrons. The Bertz CT molecular complexity index is 751. The van der Waals surface area contributed by atoms with Crippen molar-refractivity contribution in [2.24, 2.45) is 0 Å². The molecule has 7 heteroatoms. The average Bonchev–Trinajstić information content (AvgIpc) is 3.15. The van der Waals surface area contributed by atoms with Crippen molar-refractivity contribution < 1.29 is 28.2 Å². The van der Waals surface area contributed by atoms with Gasteiger partial charge in [-0.25, -0.2) is 4.79 Å². The molecule has 1 aromatic heterocycles. The standard InChI is InChI=1S/C16H15NO6/c1-9-12(5-6-20-9)16(19)23-10(2)15(18)17-11-3-4-13-14(7-11)22-8-21-13/h3-7,10H,8H2,1-2H3,(H,17,18)/t10-/m1/s1. The quantitative estimate of drug-likeness (QED) is 0.872. The van der Waals surface area contributed by atoms with E-state index in [-0.39, 0.29) is 6.79 Å². The number of amides is 1. The zero-order valence-electron chi connectivity index (χ0n) is 12.6. The van der Waals surface area contributed by atoms with Crippen LogP contribution in [0.4, 0.5) is 5.69 Å². The molecular weight excluding hydrogens is 302 g/mol. The molecule has 1 amide bonds. The van der Waals surface area contributed by atoms with Crippen LogP contribution in [0.2, 0.25) is 0 Å². The number of ether oxygens (including phenoxy) is 3. The highest BCUT2D eigenvalue weighted by Gasteiger charge is 2.22. The van der Waals surface area contributed by atoms with Crippen LogP contribution in [0.25, 0.3) is 0 Å². The molecule has 0 saturated carbocycles. The van der Waals surface area contributed by atoms with Gasteiger partial charge in [0, 0.05) is 11.8 Å². The molecule has 0 fully saturated rings. The predicted octanol–water partition coefficient (Wildman–Crippen LogP) is 2.50. The molecule has 2 heterocycles. The van der Waals surface area contributed by atoms with E-state index in [0.29, 0.717) is 28.5 Å². The normalized spacial score (nSPS) is 13.5. The van der Waals surface area contributed by atoms with Crippen molar-refractivity contribution in [3.8, 4) is 11.5 Å². The summed E-state index contributed by atoms with van der Waals surface area (Å²) in [6, 6.07) is 6.53. The second kappa shape index (κ2) is 6.04. The van der Waals surface area contributed by atoms with E-state index in [2.05, 4.69) is 5.32 Å². The Labute approximate surface area is 132 Å². The van der Waals surface area contributed by atoms with Gasteiger partial charge in [-0.2, -0.15) is 0 Å². The van der Waals surface area contributed by atoms with E-state index in [1.54, 1.807) is 25.1 Å². The molecule has 0 bridgehead atoms. The van der Waals surface area contributed by atoms with Crippen LogP contribution >= 0.6 is 0 Å². The van der Waals surface area contributed by atoms with Crippen LogP contribution in [-0.4, -0.2) is 24.8 Å². The minimum atomic E-state index is -0.956. The Hall–Kier alpha value is -2.96. The Morgan fingerprint density at radius 3 is 2.74 bits per heavy atom. The summed E-state index contributed by atoms with van der Waals surface area (Å²) >= 11 is 0. The third-order valence-corrected chi connectivity index (χ3v) is 3.37. The fourth-order valence-corrected chi connectivity index (χ4v) is 2.09. The van der Waals surface area contributed by atoms with Crippen LogP contribution in [0.5, 0.6) is 11.5 Å². The fourth-order valence-electron chi connectivity index (χ4n) is 2.09. The lowest BCUT2D eigenvalue weighted by atomic mass is 10.2. The van der Waals surface area contributed by atoms with E-state index in [1.807, 2.05) is 0 Å². The number of furan rings is 1. The first-order valence-electron chi connectivity index (χ1n) is 7.00. The number of benzene rings is 1. The number of rotatable bonds is 4. The van der Waals surface area contributed by atoms with Gasteiger partial charge < -0.3 is 23.9 Å². The Morgan fingerprint density at radius 1 is 1.22 bits per heavy atom. The number of fused-ring (bicyclic) bond motifs is 1. The number of carbonyl (C=O) groups excluding carboxylic acids is 2. The molecule has 0 spiro atoms. The van der Waals surface area contributed by atoms with Gasteiger partial charge in [0.05, 0.1) is 6.26 Å². The molecule has 120 valence electrons. The topological polar surface area (TPSA) is 87.0 Å². The Balaban J connectivity index is 1.61. The molecule has 1 atom stereocenters. The van der Waals surface area contributed by atoms with E-state index < -0.39 is 18.0 Å². The smallest absolute Gasteiger partial charge is 0.342 e. The number of hydrogen-bond acceptors (Lipinski definition) is 6. The largest absolute Gasteiger partial charge is 0.469 e. The molecule has 1 aromatic carbocycles. The Kier molecular flexibility index (Phi) is 3.92. The summed E-state index contributed by atoms with van der Waals surface area (Å²) in [6.45, 7) is 3.30. The van der Waals surface area contributed by atoms with E-state index in [4.69, 9.17) is 18.6 Å². The second-order valence-corrected chi connectivity index (χ2v) is 5.00. The summed E-state index contributed by atoms with van der Waals surface area (Å²) in [6.07, 6.45) is 0.436. The number of carbonyl (C=O) groups is 2. The molecule has 0 unspecified atom stereocenters. The Morgan fingerprint density at radius 2 is 2.00 bits per heavy atom. The van der Waals surface area contributed by atoms with Gasteiger partial charge in [-0.3, -0.25) is 4.79 Å². The molecule has 0 aliphatic carbocycles. The molecule has 1 N–H and O–H groups in total. The summed E-state index contributed by atoms with van der Waals surface area (Å²) in [5.74, 6) is 0.570. The summed E-state index contributed by atoms with van der Waals surface area (Å²) in [7, 11) is 0. The maximum absolute atomic E-state index is 12.1. The number of hydrogen-bond donors (Lipinski definition) is 1. The van der Waals surface area contributed by atoms with Crippen LogP contribution in [0.3, 0.4) is 0 Å². The molecule has 23 heavy (non-hydrogen) atoms. The summed E-state index contributed by atoms with van der Waals surface area (Å²) in [4.78, 5) is 24.1. The average molecular weight is 317 g/mol. The van der Waals surface area contributed by atoms with Gasteiger partial charge in [0.15, 0.2) is 17.6 Å². The van der Waals surface area contributed by atoms with Gasteiger partial charge in [-0.15, -0.1) is 0 Å². The second-order valence-electron chi connectivity index (χ2n) is 5.00. The van der Waals surface area contributed by atoms with Crippen molar-refractivity contribution >= 4 is 17.6 Å². The first-order chi connectivity index (χ1) is 11.0. The van der Waals surface area contributed by atoms with Crippen molar-refractivity contribution in [3.63, 3.8) is 0 Å². The third-order valence-electron chi connectivity index (χ3n) is 3.37. The van der Waals surface area contributed by atoms with Gasteiger partial charge in [0.1, 0.15) is 11.3 Å². The highest BCUT2D eigenvalue weighted by atomic mass is 16.7. The number of anilines is 1. The zero-order valence-corrected chi connectivity index (χ0v) is 12.6. The fraction of sp³-hybridized carbons (Fsp3) is 0.250.